The molecule has 0 unspecified atom stereocenters. The number of hydrogen-bond donors (Lipinski definition) is 1. The Labute approximate surface area is 150 Å². The molecule has 1 aromatic heterocycles. The standard InChI is InChI=1S/C20H17N3O3/c24-19(17-9-5-4-8-16(17)14-6-2-1-3-7-14)22-10-11-23-15(13-22)12-18(21-23)20(25)26/h1-9,12H,10-11,13H2,(H,25,26). The van der Waals surface area contributed by atoms with Crippen molar-refractivity contribution in [3.05, 3.63) is 77.6 Å². The van der Waals surface area contributed by atoms with Crippen molar-refractivity contribution in [3.63, 3.8) is 0 Å². The van der Waals surface area contributed by atoms with Gasteiger partial charge in [-0.2, -0.15) is 5.10 Å². The molecule has 1 amide bonds. The van der Waals surface area contributed by atoms with E-state index in [1.807, 2.05) is 54.6 Å². The van der Waals surface area contributed by atoms with Gasteiger partial charge in [-0.3, -0.25) is 9.48 Å². The number of carbonyl (C=O) groups is 2. The second-order valence-corrected chi connectivity index (χ2v) is 6.19. The first-order valence-corrected chi connectivity index (χ1v) is 8.37. The zero-order valence-corrected chi connectivity index (χ0v) is 14.0. The number of fused-ring (bicyclic) bond motifs is 1. The van der Waals surface area contributed by atoms with E-state index >= 15 is 0 Å². The molecule has 2 aromatic carbocycles. The molecule has 0 bridgehead atoms. The van der Waals surface area contributed by atoms with Gasteiger partial charge < -0.3 is 10.0 Å². The van der Waals surface area contributed by atoms with E-state index in [-0.39, 0.29) is 11.6 Å². The summed E-state index contributed by atoms with van der Waals surface area (Å²) in [5.41, 5.74) is 3.28. The molecule has 2 heterocycles. The molecular weight excluding hydrogens is 330 g/mol. The first-order chi connectivity index (χ1) is 12.6. The molecule has 1 aliphatic heterocycles. The van der Waals surface area contributed by atoms with Gasteiger partial charge >= 0.3 is 5.97 Å². The molecule has 0 aliphatic carbocycles. The Balaban J connectivity index is 1.64. The molecule has 0 saturated heterocycles. The summed E-state index contributed by atoms with van der Waals surface area (Å²) in [4.78, 5) is 26.0. The average molecular weight is 347 g/mol. The highest BCUT2D eigenvalue weighted by molar-refractivity contribution is 6.01. The Hall–Kier alpha value is -3.41. The predicted octanol–water partition coefficient (Wildman–Crippen LogP) is 2.90. The third-order valence-electron chi connectivity index (χ3n) is 4.55. The number of amides is 1. The Bertz CT molecular complexity index is 979. The minimum Gasteiger partial charge on any atom is -0.476 e. The normalized spacial score (nSPS) is 13.3. The minimum absolute atomic E-state index is 0.0129. The van der Waals surface area contributed by atoms with Gasteiger partial charge in [0.2, 0.25) is 0 Å². The molecule has 26 heavy (non-hydrogen) atoms. The van der Waals surface area contributed by atoms with Gasteiger partial charge in [-0.1, -0.05) is 48.5 Å². The van der Waals surface area contributed by atoms with Crippen LogP contribution in [0, 0.1) is 0 Å². The van der Waals surface area contributed by atoms with E-state index < -0.39 is 5.97 Å². The summed E-state index contributed by atoms with van der Waals surface area (Å²) in [6, 6.07) is 18.9. The van der Waals surface area contributed by atoms with Crippen LogP contribution in [0.2, 0.25) is 0 Å². The number of aromatic carboxylic acids is 1. The summed E-state index contributed by atoms with van der Waals surface area (Å²) in [5, 5.41) is 13.2. The van der Waals surface area contributed by atoms with Gasteiger partial charge in [0.15, 0.2) is 5.69 Å². The highest BCUT2D eigenvalue weighted by Crippen LogP contribution is 2.26. The summed E-state index contributed by atoms with van der Waals surface area (Å²) in [6.45, 7) is 1.33. The average Bonchev–Trinajstić information content (AvgIpc) is 3.12. The summed E-state index contributed by atoms with van der Waals surface area (Å²) < 4.78 is 1.66. The van der Waals surface area contributed by atoms with Crippen LogP contribution in [0.15, 0.2) is 60.7 Å². The SMILES string of the molecule is O=C(O)c1cc2n(n1)CCN(C(=O)c1ccccc1-c1ccccc1)C2. The van der Waals surface area contributed by atoms with E-state index in [1.54, 1.807) is 9.58 Å². The zero-order chi connectivity index (χ0) is 18.1. The van der Waals surface area contributed by atoms with Gasteiger partial charge in [-0.05, 0) is 23.3 Å². The van der Waals surface area contributed by atoms with Crippen molar-refractivity contribution in [3.8, 4) is 11.1 Å². The van der Waals surface area contributed by atoms with Crippen LogP contribution in [0.5, 0.6) is 0 Å². The number of hydrogen-bond acceptors (Lipinski definition) is 3. The Kier molecular flexibility index (Phi) is 4.01. The third kappa shape index (κ3) is 2.86. The molecule has 1 aliphatic rings. The first-order valence-electron chi connectivity index (χ1n) is 8.37. The third-order valence-corrected chi connectivity index (χ3v) is 4.55. The Morgan fingerprint density at radius 1 is 0.962 bits per heavy atom. The van der Waals surface area contributed by atoms with Gasteiger partial charge in [0.1, 0.15) is 0 Å². The van der Waals surface area contributed by atoms with E-state index in [1.165, 1.54) is 6.07 Å². The van der Waals surface area contributed by atoms with E-state index in [9.17, 15) is 9.59 Å². The van der Waals surface area contributed by atoms with Crippen molar-refractivity contribution in [2.45, 2.75) is 13.1 Å². The largest absolute Gasteiger partial charge is 0.476 e. The molecule has 6 nitrogen and oxygen atoms in total. The number of nitrogens with zero attached hydrogens (tertiary/aromatic N) is 3. The quantitative estimate of drug-likeness (QED) is 0.790. The van der Waals surface area contributed by atoms with Crippen molar-refractivity contribution in [1.82, 2.24) is 14.7 Å². The lowest BCUT2D eigenvalue weighted by molar-refractivity contribution is 0.0680. The molecule has 0 saturated carbocycles. The topological polar surface area (TPSA) is 75.4 Å². The van der Waals surface area contributed by atoms with Gasteiger partial charge in [-0.25, -0.2) is 4.79 Å². The summed E-state index contributed by atoms with van der Waals surface area (Å²) in [5.74, 6) is -1.12. The fourth-order valence-electron chi connectivity index (χ4n) is 3.25. The zero-order valence-electron chi connectivity index (χ0n) is 14.0. The molecule has 4 rings (SSSR count). The van der Waals surface area contributed by atoms with Crippen LogP contribution in [0.1, 0.15) is 26.5 Å². The van der Waals surface area contributed by atoms with E-state index in [4.69, 9.17) is 5.11 Å². The van der Waals surface area contributed by atoms with Crippen LogP contribution >= 0.6 is 0 Å². The van der Waals surface area contributed by atoms with Crippen molar-refractivity contribution < 1.29 is 14.7 Å². The summed E-state index contributed by atoms with van der Waals surface area (Å²) in [6.07, 6.45) is 0. The molecule has 0 spiro atoms. The van der Waals surface area contributed by atoms with E-state index in [0.717, 1.165) is 16.8 Å². The van der Waals surface area contributed by atoms with Crippen LogP contribution in [-0.2, 0) is 13.1 Å². The molecule has 1 N–H and O–H groups in total. The van der Waals surface area contributed by atoms with Crippen LogP contribution in [0.3, 0.4) is 0 Å². The fourth-order valence-corrected chi connectivity index (χ4v) is 3.25. The lowest BCUT2D eigenvalue weighted by Crippen LogP contribution is -2.38. The maximum absolute atomic E-state index is 13.1. The van der Waals surface area contributed by atoms with Crippen LogP contribution < -0.4 is 0 Å². The van der Waals surface area contributed by atoms with Gasteiger partial charge in [0.25, 0.3) is 5.91 Å². The molecule has 6 heteroatoms. The number of benzene rings is 2. The maximum Gasteiger partial charge on any atom is 0.356 e. The monoisotopic (exact) mass is 347 g/mol. The van der Waals surface area contributed by atoms with Gasteiger partial charge in [0.05, 0.1) is 18.8 Å². The van der Waals surface area contributed by atoms with Crippen LogP contribution in [0.25, 0.3) is 11.1 Å². The Morgan fingerprint density at radius 3 is 2.46 bits per heavy atom. The first kappa shape index (κ1) is 16.1. The van der Waals surface area contributed by atoms with Crippen molar-refractivity contribution in [2.24, 2.45) is 0 Å². The molecule has 3 aromatic rings. The number of carbonyl (C=O) groups excluding carboxylic acids is 1. The Morgan fingerprint density at radius 2 is 1.69 bits per heavy atom. The second kappa shape index (κ2) is 6.48. The number of aromatic nitrogens is 2. The predicted molar refractivity (Wildman–Crippen MR) is 95.8 cm³/mol. The molecule has 0 atom stereocenters. The molecule has 130 valence electrons. The lowest BCUT2D eigenvalue weighted by atomic mass is 9.98. The number of carboxylic acid groups (broad SMARTS) is 1. The van der Waals surface area contributed by atoms with Crippen LogP contribution in [-0.4, -0.2) is 38.2 Å². The van der Waals surface area contributed by atoms with Gasteiger partial charge in [-0.15, -0.1) is 0 Å². The second-order valence-electron chi connectivity index (χ2n) is 6.19. The van der Waals surface area contributed by atoms with Gasteiger partial charge in [0, 0.05) is 12.1 Å². The summed E-state index contributed by atoms with van der Waals surface area (Å²) in [7, 11) is 0. The smallest absolute Gasteiger partial charge is 0.356 e. The summed E-state index contributed by atoms with van der Waals surface area (Å²) >= 11 is 0. The highest BCUT2D eigenvalue weighted by Gasteiger charge is 2.26. The number of carboxylic acids is 1. The van der Waals surface area contributed by atoms with E-state index in [2.05, 4.69) is 5.10 Å². The molecule has 0 fully saturated rings. The highest BCUT2D eigenvalue weighted by atomic mass is 16.4. The van der Waals surface area contributed by atoms with Crippen molar-refractivity contribution >= 4 is 11.9 Å². The maximum atomic E-state index is 13.1. The van der Waals surface area contributed by atoms with E-state index in [0.29, 0.717) is 25.2 Å². The lowest BCUT2D eigenvalue weighted by Gasteiger charge is -2.28. The van der Waals surface area contributed by atoms with Crippen molar-refractivity contribution in [2.75, 3.05) is 6.54 Å². The minimum atomic E-state index is -1.06. The van der Waals surface area contributed by atoms with Crippen LogP contribution in [0.4, 0.5) is 0 Å². The molecule has 0 radical (unpaired) electrons. The molecular formula is C20H17N3O3. The fraction of sp³-hybridized carbons (Fsp3) is 0.150. The number of rotatable bonds is 3. The van der Waals surface area contributed by atoms with Crippen molar-refractivity contribution in [1.29, 1.82) is 0 Å².